The Hall–Kier alpha value is -3.29. The van der Waals surface area contributed by atoms with Crippen LogP contribution in [0.25, 0.3) is 0 Å². The van der Waals surface area contributed by atoms with Crippen LogP contribution in [0.5, 0.6) is 5.75 Å². The Labute approximate surface area is 155 Å². The van der Waals surface area contributed by atoms with Crippen molar-refractivity contribution in [3.63, 3.8) is 0 Å². The molecule has 1 saturated heterocycles. The van der Waals surface area contributed by atoms with Gasteiger partial charge in [-0.2, -0.15) is 0 Å². The number of carboxylic acids is 1. The van der Waals surface area contributed by atoms with E-state index in [1.165, 1.54) is 13.2 Å². The van der Waals surface area contributed by atoms with Gasteiger partial charge in [-0.05, 0) is 18.6 Å². The van der Waals surface area contributed by atoms with Gasteiger partial charge in [-0.25, -0.2) is 4.79 Å². The molecular weight excluding hydrogens is 352 g/mol. The summed E-state index contributed by atoms with van der Waals surface area (Å²) in [5, 5.41) is 11.8. The first-order valence-electron chi connectivity index (χ1n) is 8.60. The summed E-state index contributed by atoms with van der Waals surface area (Å²) in [4.78, 5) is 37.2. The van der Waals surface area contributed by atoms with Gasteiger partial charge < -0.3 is 24.5 Å². The first-order valence-corrected chi connectivity index (χ1v) is 8.60. The minimum Gasteiger partial charge on any atom is -0.494 e. The number of furan rings is 1. The molecule has 2 heterocycles. The molecule has 1 aromatic heterocycles. The zero-order valence-corrected chi connectivity index (χ0v) is 15.1. The molecule has 1 aromatic carbocycles. The average molecular weight is 372 g/mol. The summed E-state index contributed by atoms with van der Waals surface area (Å²) < 4.78 is 10.7. The van der Waals surface area contributed by atoms with Crippen LogP contribution in [0.3, 0.4) is 0 Å². The van der Waals surface area contributed by atoms with Crippen molar-refractivity contribution in [3.8, 4) is 5.75 Å². The number of hydrogen-bond donors (Lipinski definition) is 2. The molecule has 2 N–H and O–H groups in total. The summed E-state index contributed by atoms with van der Waals surface area (Å²) in [6.45, 7) is 2.38. The van der Waals surface area contributed by atoms with Crippen LogP contribution in [0, 0.1) is 0 Å². The molecule has 0 bridgehead atoms. The Morgan fingerprint density at radius 3 is 2.67 bits per heavy atom. The maximum Gasteiger partial charge on any atom is 0.339 e. The summed E-state index contributed by atoms with van der Waals surface area (Å²) in [5.74, 6) is -1.05. The lowest BCUT2D eigenvalue weighted by Crippen LogP contribution is -2.24. The topological polar surface area (TPSA) is 109 Å². The van der Waals surface area contributed by atoms with Crippen molar-refractivity contribution in [3.05, 3.63) is 41.3 Å². The molecule has 8 nitrogen and oxygen atoms in total. The van der Waals surface area contributed by atoms with Crippen molar-refractivity contribution < 1.29 is 28.6 Å². The monoisotopic (exact) mass is 372 g/mol. The van der Waals surface area contributed by atoms with Gasteiger partial charge in [0, 0.05) is 37.2 Å². The van der Waals surface area contributed by atoms with Crippen molar-refractivity contribution in [2.75, 3.05) is 23.9 Å². The number of ether oxygens (including phenoxy) is 1. The lowest BCUT2D eigenvalue weighted by Gasteiger charge is -2.19. The smallest absolute Gasteiger partial charge is 0.339 e. The molecule has 0 aliphatic carbocycles. The molecule has 0 radical (unpaired) electrons. The number of carbonyl (C=O) groups is 3. The summed E-state index contributed by atoms with van der Waals surface area (Å²) in [7, 11) is 1.49. The van der Waals surface area contributed by atoms with Gasteiger partial charge in [0.05, 0.1) is 12.8 Å². The normalized spacial score (nSPS) is 13.7. The van der Waals surface area contributed by atoms with E-state index < -0.39 is 11.9 Å². The fraction of sp³-hybridized carbons (Fsp3) is 0.316. The number of rotatable bonds is 6. The number of hydrogen-bond acceptors (Lipinski definition) is 5. The standard InChI is InChI=1S/C19H20N2O6/c1-3-14-12(19(24)25)10-16(27-14)18(23)20-11-6-7-13(15(9-11)26-2)21-8-4-5-17(21)22/h6-7,9-10H,3-5,8H2,1-2H3,(H,20,23)(H,24,25). The Bertz CT molecular complexity index is 902. The fourth-order valence-corrected chi connectivity index (χ4v) is 3.06. The number of nitrogens with zero attached hydrogens (tertiary/aromatic N) is 1. The van der Waals surface area contributed by atoms with E-state index in [0.717, 1.165) is 6.42 Å². The molecule has 0 spiro atoms. The number of aromatic carboxylic acids is 1. The van der Waals surface area contributed by atoms with Crippen LogP contribution in [-0.4, -0.2) is 36.5 Å². The fourth-order valence-electron chi connectivity index (χ4n) is 3.06. The molecule has 0 saturated carbocycles. The predicted molar refractivity (Wildman–Crippen MR) is 97.6 cm³/mol. The number of carboxylic acid groups (broad SMARTS) is 1. The third-order valence-corrected chi connectivity index (χ3v) is 4.39. The Balaban J connectivity index is 1.82. The van der Waals surface area contributed by atoms with Crippen LogP contribution in [0.1, 0.15) is 46.4 Å². The molecule has 1 fully saturated rings. The van der Waals surface area contributed by atoms with Gasteiger partial charge in [-0.15, -0.1) is 0 Å². The van der Waals surface area contributed by atoms with Gasteiger partial charge in [-0.3, -0.25) is 9.59 Å². The molecule has 3 rings (SSSR count). The largest absolute Gasteiger partial charge is 0.494 e. The minimum absolute atomic E-state index is 0.0249. The third kappa shape index (κ3) is 3.64. The molecule has 1 aliphatic rings. The van der Waals surface area contributed by atoms with E-state index in [4.69, 9.17) is 14.3 Å². The van der Waals surface area contributed by atoms with Crippen LogP contribution in [0.4, 0.5) is 11.4 Å². The van der Waals surface area contributed by atoms with E-state index >= 15 is 0 Å². The van der Waals surface area contributed by atoms with Gasteiger partial charge in [0.15, 0.2) is 5.76 Å². The molecule has 142 valence electrons. The first kappa shape index (κ1) is 18.5. The van der Waals surface area contributed by atoms with Gasteiger partial charge in [0.1, 0.15) is 17.1 Å². The van der Waals surface area contributed by atoms with Gasteiger partial charge in [-0.1, -0.05) is 6.92 Å². The van der Waals surface area contributed by atoms with Crippen molar-refractivity contribution >= 4 is 29.2 Å². The van der Waals surface area contributed by atoms with Crippen molar-refractivity contribution in [1.82, 2.24) is 0 Å². The summed E-state index contributed by atoms with van der Waals surface area (Å²) in [6.07, 6.45) is 1.66. The number of methoxy groups -OCH3 is 1. The van der Waals surface area contributed by atoms with E-state index in [2.05, 4.69) is 5.32 Å². The number of amides is 2. The van der Waals surface area contributed by atoms with E-state index in [1.54, 1.807) is 30.0 Å². The number of nitrogens with one attached hydrogen (secondary N) is 1. The lowest BCUT2D eigenvalue weighted by molar-refractivity contribution is -0.117. The summed E-state index contributed by atoms with van der Waals surface area (Å²) in [6, 6.07) is 6.19. The average Bonchev–Trinajstić information content (AvgIpc) is 3.27. The van der Waals surface area contributed by atoms with Gasteiger partial charge in [0.25, 0.3) is 5.91 Å². The minimum atomic E-state index is -1.14. The quantitative estimate of drug-likeness (QED) is 0.807. The van der Waals surface area contributed by atoms with Crippen LogP contribution in [-0.2, 0) is 11.2 Å². The van der Waals surface area contributed by atoms with Crippen LogP contribution in [0.15, 0.2) is 28.7 Å². The van der Waals surface area contributed by atoms with E-state index in [9.17, 15) is 14.4 Å². The highest BCUT2D eigenvalue weighted by atomic mass is 16.5. The maximum atomic E-state index is 12.4. The first-order chi connectivity index (χ1) is 12.9. The molecule has 0 atom stereocenters. The number of benzene rings is 1. The second kappa shape index (κ2) is 7.53. The van der Waals surface area contributed by atoms with Crippen LogP contribution >= 0.6 is 0 Å². The SMILES string of the molecule is CCc1oc(C(=O)Nc2ccc(N3CCCC3=O)c(OC)c2)cc1C(=O)O. The highest BCUT2D eigenvalue weighted by Gasteiger charge is 2.25. The molecule has 8 heteroatoms. The summed E-state index contributed by atoms with van der Waals surface area (Å²) in [5.41, 5.74) is 1.07. The van der Waals surface area contributed by atoms with Crippen molar-refractivity contribution in [2.45, 2.75) is 26.2 Å². The number of carbonyl (C=O) groups excluding carboxylic acids is 2. The zero-order valence-electron chi connectivity index (χ0n) is 15.1. The molecular formula is C19H20N2O6. The maximum absolute atomic E-state index is 12.4. The third-order valence-electron chi connectivity index (χ3n) is 4.39. The molecule has 0 unspecified atom stereocenters. The van der Waals surface area contributed by atoms with Crippen LogP contribution < -0.4 is 15.0 Å². The second-order valence-electron chi connectivity index (χ2n) is 6.10. The van der Waals surface area contributed by atoms with Crippen molar-refractivity contribution in [2.24, 2.45) is 0 Å². The molecule has 2 aromatic rings. The Morgan fingerprint density at radius 2 is 2.11 bits per heavy atom. The van der Waals surface area contributed by atoms with E-state index in [-0.39, 0.29) is 23.0 Å². The Kier molecular flexibility index (Phi) is 5.16. The van der Waals surface area contributed by atoms with Crippen molar-refractivity contribution in [1.29, 1.82) is 0 Å². The molecule has 2 amide bonds. The Morgan fingerprint density at radius 1 is 1.33 bits per heavy atom. The highest BCUT2D eigenvalue weighted by Crippen LogP contribution is 2.34. The van der Waals surface area contributed by atoms with E-state index in [1.807, 2.05) is 0 Å². The molecule has 27 heavy (non-hydrogen) atoms. The second-order valence-corrected chi connectivity index (χ2v) is 6.10. The lowest BCUT2D eigenvalue weighted by atomic mass is 10.2. The van der Waals surface area contributed by atoms with Gasteiger partial charge >= 0.3 is 5.97 Å². The number of anilines is 2. The molecule has 1 aliphatic heterocycles. The predicted octanol–water partition coefficient (Wildman–Crippen LogP) is 2.93. The zero-order chi connectivity index (χ0) is 19.6. The van der Waals surface area contributed by atoms with Crippen LogP contribution in [0.2, 0.25) is 0 Å². The summed E-state index contributed by atoms with van der Waals surface area (Å²) >= 11 is 0. The highest BCUT2D eigenvalue weighted by molar-refractivity contribution is 6.04. The van der Waals surface area contributed by atoms with E-state index in [0.29, 0.717) is 36.5 Å². The van der Waals surface area contributed by atoms with Gasteiger partial charge in [0.2, 0.25) is 5.91 Å². The number of aryl methyl sites for hydroxylation is 1.